The Morgan fingerprint density at radius 3 is 2.53 bits per heavy atom. The fraction of sp³-hybridized carbons (Fsp3) is 0.312. The van der Waals surface area contributed by atoms with E-state index in [9.17, 15) is 9.90 Å². The highest BCUT2D eigenvalue weighted by Crippen LogP contribution is 2.28. The SMILES string of the molecule is CCC(CC)NC(=O)c1ccc2ccccc2c1O. The second-order valence-corrected chi connectivity index (χ2v) is 4.67. The molecule has 0 radical (unpaired) electrons. The lowest BCUT2D eigenvalue weighted by atomic mass is 10.0. The summed E-state index contributed by atoms with van der Waals surface area (Å²) in [4.78, 5) is 12.2. The van der Waals surface area contributed by atoms with Crippen LogP contribution in [0.3, 0.4) is 0 Å². The normalized spacial score (nSPS) is 10.9. The molecule has 0 atom stereocenters. The van der Waals surface area contributed by atoms with Crippen molar-refractivity contribution in [3.05, 3.63) is 42.0 Å². The molecule has 0 aliphatic heterocycles. The molecule has 0 saturated heterocycles. The predicted molar refractivity (Wildman–Crippen MR) is 77.4 cm³/mol. The Balaban J connectivity index is 2.35. The molecule has 100 valence electrons. The minimum Gasteiger partial charge on any atom is -0.506 e. The zero-order valence-electron chi connectivity index (χ0n) is 11.3. The molecule has 2 N–H and O–H groups in total. The number of carbonyl (C=O) groups is 1. The van der Waals surface area contributed by atoms with Gasteiger partial charge in [-0.2, -0.15) is 0 Å². The van der Waals surface area contributed by atoms with Gasteiger partial charge < -0.3 is 10.4 Å². The maximum absolute atomic E-state index is 12.2. The van der Waals surface area contributed by atoms with Crippen LogP contribution in [0.2, 0.25) is 0 Å². The number of hydrogen-bond acceptors (Lipinski definition) is 2. The van der Waals surface area contributed by atoms with E-state index in [2.05, 4.69) is 5.32 Å². The zero-order valence-corrected chi connectivity index (χ0v) is 11.3. The molecule has 0 aliphatic rings. The number of phenols is 1. The molecule has 0 unspecified atom stereocenters. The highest BCUT2D eigenvalue weighted by molar-refractivity contribution is 6.03. The van der Waals surface area contributed by atoms with Gasteiger partial charge in [0.25, 0.3) is 5.91 Å². The van der Waals surface area contributed by atoms with Crippen LogP contribution in [0.1, 0.15) is 37.0 Å². The van der Waals surface area contributed by atoms with Gasteiger partial charge in [0.2, 0.25) is 0 Å². The second kappa shape index (κ2) is 5.74. The minimum atomic E-state index is -0.211. The maximum atomic E-state index is 12.2. The van der Waals surface area contributed by atoms with Crippen LogP contribution >= 0.6 is 0 Å². The number of amides is 1. The molecule has 3 heteroatoms. The summed E-state index contributed by atoms with van der Waals surface area (Å²) < 4.78 is 0. The van der Waals surface area contributed by atoms with Gasteiger partial charge in [0.05, 0.1) is 5.56 Å². The summed E-state index contributed by atoms with van der Waals surface area (Å²) in [5, 5.41) is 14.8. The summed E-state index contributed by atoms with van der Waals surface area (Å²) in [7, 11) is 0. The summed E-state index contributed by atoms with van der Waals surface area (Å²) in [5.41, 5.74) is 0.339. The average molecular weight is 257 g/mol. The Labute approximate surface area is 113 Å². The van der Waals surface area contributed by atoms with E-state index in [1.54, 1.807) is 6.07 Å². The number of hydrogen-bond donors (Lipinski definition) is 2. The average Bonchev–Trinajstić information content (AvgIpc) is 2.45. The standard InChI is InChI=1S/C16H19NO2/c1-3-12(4-2)17-16(19)14-10-9-11-7-5-6-8-13(11)15(14)18/h5-10,12,18H,3-4H2,1-2H3,(H,17,19). The highest BCUT2D eigenvalue weighted by atomic mass is 16.3. The summed E-state index contributed by atoms with van der Waals surface area (Å²) in [6.45, 7) is 4.07. The lowest BCUT2D eigenvalue weighted by molar-refractivity contribution is 0.0932. The number of nitrogens with one attached hydrogen (secondary N) is 1. The molecule has 2 rings (SSSR count). The van der Waals surface area contributed by atoms with Crippen LogP contribution in [0.5, 0.6) is 5.75 Å². The number of benzene rings is 2. The van der Waals surface area contributed by atoms with Crippen molar-refractivity contribution in [3.63, 3.8) is 0 Å². The Morgan fingerprint density at radius 2 is 1.84 bits per heavy atom. The summed E-state index contributed by atoms with van der Waals surface area (Å²) in [6, 6.07) is 11.2. The third kappa shape index (κ3) is 2.70. The first kappa shape index (κ1) is 13.4. The molecule has 1 amide bonds. The number of aromatic hydroxyl groups is 1. The Hall–Kier alpha value is -2.03. The zero-order chi connectivity index (χ0) is 13.8. The van der Waals surface area contributed by atoms with Crippen LogP contribution in [-0.2, 0) is 0 Å². The molecule has 0 fully saturated rings. The van der Waals surface area contributed by atoms with E-state index in [-0.39, 0.29) is 17.7 Å². The first-order valence-corrected chi connectivity index (χ1v) is 6.69. The third-order valence-electron chi connectivity index (χ3n) is 3.47. The quantitative estimate of drug-likeness (QED) is 0.881. The van der Waals surface area contributed by atoms with E-state index in [4.69, 9.17) is 0 Å². The first-order chi connectivity index (χ1) is 9.17. The number of rotatable bonds is 4. The lowest BCUT2D eigenvalue weighted by Crippen LogP contribution is -2.33. The van der Waals surface area contributed by atoms with Crippen LogP contribution in [0.25, 0.3) is 10.8 Å². The monoisotopic (exact) mass is 257 g/mol. The molecule has 19 heavy (non-hydrogen) atoms. The molecule has 0 aromatic heterocycles. The van der Waals surface area contributed by atoms with E-state index in [1.807, 2.05) is 44.2 Å². The van der Waals surface area contributed by atoms with E-state index in [0.29, 0.717) is 10.9 Å². The smallest absolute Gasteiger partial charge is 0.255 e. The van der Waals surface area contributed by atoms with Gasteiger partial charge in [0.1, 0.15) is 5.75 Å². The Morgan fingerprint density at radius 1 is 1.16 bits per heavy atom. The van der Waals surface area contributed by atoms with Crippen molar-refractivity contribution in [2.75, 3.05) is 0 Å². The topological polar surface area (TPSA) is 49.3 Å². The van der Waals surface area contributed by atoms with Crippen LogP contribution in [0, 0.1) is 0 Å². The van der Waals surface area contributed by atoms with E-state index in [0.717, 1.165) is 18.2 Å². The van der Waals surface area contributed by atoms with Gasteiger partial charge in [-0.25, -0.2) is 0 Å². The third-order valence-corrected chi connectivity index (χ3v) is 3.47. The van der Waals surface area contributed by atoms with E-state index >= 15 is 0 Å². The summed E-state index contributed by atoms with van der Waals surface area (Å²) in [6.07, 6.45) is 1.77. The molecule has 0 heterocycles. The van der Waals surface area contributed by atoms with Crippen LogP contribution in [0.15, 0.2) is 36.4 Å². The van der Waals surface area contributed by atoms with Gasteiger partial charge in [0, 0.05) is 11.4 Å². The van der Waals surface area contributed by atoms with Crippen molar-refractivity contribution in [1.29, 1.82) is 0 Å². The number of phenolic OH excluding ortho intramolecular Hbond substituents is 1. The molecule has 0 bridgehead atoms. The van der Waals surface area contributed by atoms with E-state index < -0.39 is 0 Å². The lowest BCUT2D eigenvalue weighted by Gasteiger charge is -2.15. The van der Waals surface area contributed by atoms with Gasteiger partial charge in [-0.15, -0.1) is 0 Å². The van der Waals surface area contributed by atoms with Gasteiger partial charge in [-0.05, 0) is 24.3 Å². The molecule has 0 spiro atoms. The Bertz CT molecular complexity index is 588. The highest BCUT2D eigenvalue weighted by Gasteiger charge is 2.15. The molecule has 3 nitrogen and oxygen atoms in total. The first-order valence-electron chi connectivity index (χ1n) is 6.69. The van der Waals surface area contributed by atoms with Crippen molar-refractivity contribution >= 4 is 16.7 Å². The van der Waals surface area contributed by atoms with Crippen molar-refractivity contribution in [1.82, 2.24) is 5.32 Å². The summed E-state index contributed by atoms with van der Waals surface area (Å²) in [5.74, 6) is -0.154. The fourth-order valence-corrected chi connectivity index (χ4v) is 2.19. The minimum absolute atomic E-state index is 0.0570. The van der Waals surface area contributed by atoms with Crippen molar-refractivity contribution in [2.45, 2.75) is 32.7 Å². The van der Waals surface area contributed by atoms with Gasteiger partial charge in [-0.1, -0.05) is 44.2 Å². The van der Waals surface area contributed by atoms with Crippen LogP contribution < -0.4 is 5.32 Å². The summed E-state index contributed by atoms with van der Waals surface area (Å²) >= 11 is 0. The van der Waals surface area contributed by atoms with Gasteiger partial charge >= 0.3 is 0 Å². The molecule has 0 saturated carbocycles. The van der Waals surface area contributed by atoms with Crippen LogP contribution in [0.4, 0.5) is 0 Å². The fourth-order valence-electron chi connectivity index (χ4n) is 2.19. The van der Waals surface area contributed by atoms with Crippen molar-refractivity contribution in [2.24, 2.45) is 0 Å². The predicted octanol–water partition coefficient (Wildman–Crippen LogP) is 3.46. The molecule has 0 aliphatic carbocycles. The molecule has 2 aromatic carbocycles. The van der Waals surface area contributed by atoms with Crippen LogP contribution in [-0.4, -0.2) is 17.1 Å². The number of fused-ring (bicyclic) bond motifs is 1. The van der Waals surface area contributed by atoms with Crippen molar-refractivity contribution < 1.29 is 9.90 Å². The Kier molecular flexibility index (Phi) is 4.05. The molecule has 2 aromatic rings. The second-order valence-electron chi connectivity index (χ2n) is 4.67. The molecular weight excluding hydrogens is 238 g/mol. The molecular formula is C16H19NO2. The largest absolute Gasteiger partial charge is 0.506 e. The maximum Gasteiger partial charge on any atom is 0.255 e. The van der Waals surface area contributed by atoms with Gasteiger partial charge in [-0.3, -0.25) is 4.79 Å². The van der Waals surface area contributed by atoms with Gasteiger partial charge in [0.15, 0.2) is 0 Å². The van der Waals surface area contributed by atoms with E-state index in [1.165, 1.54) is 0 Å². The van der Waals surface area contributed by atoms with Crippen molar-refractivity contribution in [3.8, 4) is 5.75 Å². The number of carbonyl (C=O) groups excluding carboxylic acids is 1.